The maximum Gasteiger partial charge on any atom is 0.154 e. The zero-order chi connectivity index (χ0) is 12.1. The van der Waals surface area contributed by atoms with Crippen molar-refractivity contribution in [2.75, 3.05) is 13.2 Å². The van der Waals surface area contributed by atoms with Gasteiger partial charge in [0.2, 0.25) is 0 Å². The van der Waals surface area contributed by atoms with Crippen LogP contribution < -0.4 is 0 Å². The first-order valence-corrected chi connectivity index (χ1v) is 5.65. The minimum Gasteiger partial charge on any atom is -0.384 e. The maximum absolute atomic E-state index is 8.61. The van der Waals surface area contributed by atoms with Crippen molar-refractivity contribution in [3.05, 3.63) is 35.9 Å². The van der Waals surface area contributed by atoms with Crippen molar-refractivity contribution >= 4 is 0 Å². The Kier molecular flexibility index (Phi) is 3.80. The third kappa shape index (κ3) is 3.31. The van der Waals surface area contributed by atoms with Crippen LogP contribution in [0.3, 0.4) is 0 Å². The molecule has 2 rings (SSSR count). The largest absolute Gasteiger partial charge is 0.384 e. The Balaban J connectivity index is 1.71. The highest BCUT2D eigenvalue weighted by Crippen LogP contribution is 2.35. The van der Waals surface area contributed by atoms with E-state index in [1.165, 1.54) is 0 Å². The van der Waals surface area contributed by atoms with Gasteiger partial charge in [-0.2, -0.15) is 0 Å². The van der Waals surface area contributed by atoms with E-state index in [-0.39, 0.29) is 12.7 Å². The second-order valence-electron chi connectivity index (χ2n) is 4.17. The lowest BCUT2D eigenvalue weighted by Crippen LogP contribution is -2.12. The molecule has 17 heavy (non-hydrogen) atoms. The smallest absolute Gasteiger partial charge is 0.154 e. The predicted molar refractivity (Wildman–Crippen MR) is 64.2 cm³/mol. The van der Waals surface area contributed by atoms with Gasteiger partial charge in [0.1, 0.15) is 12.7 Å². The van der Waals surface area contributed by atoms with Crippen molar-refractivity contribution in [3.8, 4) is 11.8 Å². The number of benzene rings is 1. The average molecular weight is 232 g/mol. The van der Waals surface area contributed by atoms with Crippen LogP contribution in [0.15, 0.2) is 30.3 Å². The second kappa shape index (κ2) is 5.33. The summed E-state index contributed by atoms with van der Waals surface area (Å²) < 4.78 is 11.0. The molecule has 0 aromatic heterocycles. The zero-order valence-corrected chi connectivity index (χ0v) is 9.85. The molecule has 0 spiro atoms. The summed E-state index contributed by atoms with van der Waals surface area (Å²) in [6.45, 7) is 2.90. The highest BCUT2D eigenvalue weighted by molar-refractivity contribution is 5.23. The highest BCUT2D eigenvalue weighted by Gasteiger charge is 2.51. The molecule has 3 nitrogen and oxygen atoms in total. The van der Waals surface area contributed by atoms with Gasteiger partial charge in [-0.15, -0.1) is 0 Å². The third-order valence-corrected chi connectivity index (χ3v) is 2.74. The molecule has 1 aromatic rings. The predicted octanol–water partition coefficient (Wildman–Crippen LogP) is 1.36. The summed E-state index contributed by atoms with van der Waals surface area (Å²) in [6.07, 6.45) is 0.0188. The molecular formula is C14H16O3. The van der Waals surface area contributed by atoms with Gasteiger partial charge in [0, 0.05) is 0 Å². The van der Waals surface area contributed by atoms with E-state index in [0.29, 0.717) is 13.2 Å². The van der Waals surface area contributed by atoms with E-state index in [1.54, 1.807) is 0 Å². The fourth-order valence-electron chi connectivity index (χ4n) is 1.64. The molecule has 3 heteroatoms. The molecule has 1 heterocycles. The molecule has 1 fully saturated rings. The van der Waals surface area contributed by atoms with Crippen molar-refractivity contribution < 1.29 is 14.6 Å². The monoisotopic (exact) mass is 232 g/mol. The van der Waals surface area contributed by atoms with Crippen LogP contribution in [0.4, 0.5) is 0 Å². The van der Waals surface area contributed by atoms with E-state index in [0.717, 1.165) is 5.56 Å². The Hall–Kier alpha value is -1.34. The maximum atomic E-state index is 8.61. The van der Waals surface area contributed by atoms with Gasteiger partial charge in [-0.25, -0.2) is 0 Å². The van der Waals surface area contributed by atoms with Crippen LogP contribution >= 0.6 is 0 Å². The number of aliphatic hydroxyl groups excluding tert-OH is 1. The van der Waals surface area contributed by atoms with E-state index < -0.39 is 5.60 Å². The Morgan fingerprint density at radius 3 is 2.88 bits per heavy atom. The molecule has 0 saturated carbocycles. The van der Waals surface area contributed by atoms with Crippen molar-refractivity contribution in [1.82, 2.24) is 0 Å². The van der Waals surface area contributed by atoms with Crippen LogP contribution in [-0.2, 0) is 16.1 Å². The SMILES string of the molecule is C[C@]1(C#CCO)O[C@@H]1COCc1ccccc1. The Morgan fingerprint density at radius 2 is 2.18 bits per heavy atom. The molecule has 0 amide bonds. The van der Waals surface area contributed by atoms with Crippen molar-refractivity contribution in [2.45, 2.75) is 25.2 Å². The number of ether oxygens (including phenoxy) is 2. The summed E-state index contributed by atoms with van der Waals surface area (Å²) in [5, 5.41) is 8.61. The number of epoxide rings is 1. The van der Waals surface area contributed by atoms with Crippen LogP contribution in [-0.4, -0.2) is 30.0 Å². The number of hydrogen-bond acceptors (Lipinski definition) is 3. The van der Waals surface area contributed by atoms with Crippen molar-refractivity contribution in [2.24, 2.45) is 0 Å². The molecule has 1 aliphatic heterocycles. The lowest BCUT2D eigenvalue weighted by atomic mass is 10.1. The van der Waals surface area contributed by atoms with Crippen molar-refractivity contribution in [1.29, 1.82) is 0 Å². The van der Waals surface area contributed by atoms with Gasteiger partial charge in [0.15, 0.2) is 5.60 Å². The first-order chi connectivity index (χ1) is 8.24. The average Bonchev–Trinajstić information content (AvgIpc) is 3.00. The topological polar surface area (TPSA) is 42.0 Å². The molecule has 1 aromatic carbocycles. The molecule has 2 atom stereocenters. The number of aliphatic hydroxyl groups is 1. The summed E-state index contributed by atoms with van der Waals surface area (Å²) in [7, 11) is 0. The fraction of sp³-hybridized carbons (Fsp3) is 0.429. The molecular weight excluding hydrogens is 216 g/mol. The quantitative estimate of drug-likeness (QED) is 0.629. The first-order valence-electron chi connectivity index (χ1n) is 5.65. The van der Waals surface area contributed by atoms with E-state index in [1.807, 2.05) is 37.3 Å². The molecule has 1 N–H and O–H groups in total. The summed E-state index contributed by atoms with van der Waals surface area (Å²) in [5.41, 5.74) is 0.718. The Labute approximate surface area is 101 Å². The highest BCUT2D eigenvalue weighted by atomic mass is 16.6. The summed E-state index contributed by atoms with van der Waals surface area (Å²) in [5.74, 6) is 5.49. The Bertz CT molecular complexity index is 418. The Morgan fingerprint density at radius 1 is 1.41 bits per heavy atom. The minimum atomic E-state index is -0.431. The zero-order valence-electron chi connectivity index (χ0n) is 9.85. The summed E-state index contributed by atoms with van der Waals surface area (Å²) in [6, 6.07) is 10.0. The molecule has 0 radical (unpaired) electrons. The molecule has 0 aliphatic carbocycles. The van der Waals surface area contributed by atoms with Gasteiger partial charge in [0.05, 0.1) is 13.2 Å². The summed E-state index contributed by atoms with van der Waals surface area (Å²) in [4.78, 5) is 0. The van der Waals surface area contributed by atoms with Gasteiger partial charge >= 0.3 is 0 Å². The molecule has 0 bridgehead atoms. The molecule has 0 unspecified atom stereocenters. The van der Waals surface area contributed by atoms with Crippen LogP contribution in [0, 0.1) is 11.8 Å². The third-order valence-electron chi connectivity index (χ3n) is 2.74. The van der Waals surface area contributed by atoms with Gasteiger partial charge < -0.3 is 14.6 Å². The summed E-state index contributed by atoms with van der Waals surface area (Å²) >= 11 is 0. The van der Waals surface area contributed by atoms with Crippen LogP contribution in [0.5, 0.6) is 0 Å². The van der Waals surface area contributed by atoms with Gasteiger partial charge in [-0.05, 0) is 12.5 Å². The number of hydrogen-bond donors (Lipinski definition) is 1. The van der Waals surface area contributed by atoms with E-state index >= 15 is 0 Å². The number of rotatable bonds is 4. The second-order valence-corrected chi connectivity index (χ2v) is 4.17. The minimum absolute atomic E-state index is 0.0188. The van der Waals surface area contributed by atoms with Crippen LogP contribution in [0.1, 0.15) is 12.5 Å². The van der Waals surface area contributed by atoms with Crippen LogP contribution in [0.2, 0.25) is 0 Å². The van der Waals surface area contributed by atoms with E-state index in [9.17, 15) is 0 Å². The van der Waals surface area contributed by atoms with Gasteiger partial charge in [-0.1, -0.05) is 42.2 Å². The molecule has 90 valence electrons. The lowest BCUT2D eigenvalue weighted by Gasteiger charge is -2.02. The van der Waals surface area contributed by atoms with Gasteiger partial charge in [-0.3, -0.25) is 0 Å². The van der Waals surface area contributed by atoms with E-state index in [4.69, 9.17) is 14.6 Å². The normalized spacial score (nSPS) is 26.1. The molecule has 1 saturated heterocycles. The first kappa shape index (κ1) is 12.1. The van der Waals surface area contributed by atoms with Gasteiger partial charge in [0.25, 0.3) is 0 Å². The van der Waals surface area contributed by atoms with E-state index in [2.05, 4.69) is 11.8 Å². The fourth-order valence-corrected chi connectivity index (χ4v) is 1.64. The standard InChI is InChI=1S/C14H16O3/c1-14(8-5-9-15)13(17-14)11-16-10-12-6-3-2-4-7-12/h2-4,6-7,13,15H,9-11H2,1H3/t13-,14-/m1/s1. The van der Waals surface area contributed by atoms with Crippen molar-refractivity contribution in [3.63, 3.8) is 0 Å². The lowest BCUT2D eigenvalue weighted by molar-refractivity contribution is 0.104. The van der Waals surface area contributed by atoms with Crippen LogP contribution in [0.25, 0.3) is 0 Å². The molecule has 1 aliphatic rings.